The molecule has 0 amide bonds. The second-order valence-electron chi connectivity index (χ2n) is 2.80. The SMILES string of the molecule is CC(C=NCC(C)C)=CN. The predicted octanol–water partition coefficient (Wildman–Crippen LogP) is 1.58. The maximum Gasteiger partial charge on any atom is 0.0412 e. The average Bonchev–Trinajstić information content (AvgIpc) is 1.87. The van der Waals surface area contributed by atoms with Crippen LogP contribution in [0.5, 0.6) is 0 Å². The van der Waals surface area contributed by atoms with E-state index in [2.05, 4.69) is 18.8 Å². The van der Waals surface area contributed by atoms with Gasteiger partial charge in [0.15, 0.2) is 0 Å². The molecule has 2 heteroatoms. The van der Waals surface area contributed by atoms with Gasteiger partial charge in [0.1, 0.15) is 0 Å². The van der Waals surface area contributed by atoms with Crippen LogP contribution >= 0.6 is 0 Å². The summed E-state index contributed by atoms with van der Waals surface area (Å²) in [6.07, 6.45) is 3.36. The van der Waals surface area contributed by atoms with Gasteiger partial charge in [-0.05, 0) is 24.6 Å². The van der Waals surface area contributed by atoms with E-state index >= 15 is 0 Å². The van der Waals surface area contributed by atoms with Gasteiger partial charge in [0.2, 0.25) is 0 Å². The topological polar surface area (TPSA) is 38.4 Å². The van der Waals surface area contributed by atoms with Gasteiger partial charge in [-0.25, -0.2) is 0 Å². The van der Waals surface area contributed by atoms with E-state index in [1.54, 1.807) is 12.4 Å². The molecule has 10 heavy (non-hydrogen) atoms. The summed E-state index contributed by atoms with van der Waals surface area (Å²) in [5.41, 5.74) is 6.25. The zero-order valence-electron chi connectivity index (χ0n) is 6.96. The van der Waals surface area contributed by atoms with Crippen LogP contribution in [0.25, 0.3) is 0 Å². The van der Waals surface area contributed by atoms with Gasteiger partial charge in [0.05, 0.1) is 0 Å². The summed E-state index contributed by atoms with van der Waals surface area (Å²) in [6, 6.07) is 0. The molecule has 0 spiro atoms. The van der Waals surface area contributed by atoms with Crippen LogP contribution in [0.15, 0.2) is 16.8 Å². The molecule has 0 aliphatic carbocycles. The normalized spacial score (nSPS) is 13.4. The van der Waals surface area contributed by atoms with Gasteiger partial charge in [-0.3, -0.25) is 4.99 Å². The number of aliphatic imine (C=N–C) groups is 1. The molecule has 58 valence electrons. The van der Waals surface area contributed by atoms with Crippen molar-refractivity contribution in [3.05, 3.63) is 11.8 Å². The predicted molar refractivity (Wildman–Crippen MR) is 46.1 cm³/mol. The first-order valence-corrected chi connectivity index (χ1v) is 3.55. The number of nitrogens with zero attached hydrogens (tertiary/aromatic N) is 1. The molecule has 2 nitrogen and oxygen atoms in total. The van der Waals surface area contributed by atoms with Crippen molar-refractivity contribution in [2.24, 2.45) is 16.6 Å². The van der Waals surface area contributed by atoms with Crippen molar-refractivity contribution in [1.82, 2.24) is 0 Å². The molecule has 0 radical (unpaired) electrons. The summed E-state index contributed by atoms with van der Waals surface area (Å²) in [5, 5.41) is 0. The molecule has 0 aromatic rings. The molecule has 0 saturated heterocycles. The molecule has 0 heterocycles. The van der Waals surface area contributed by atoms with Gasteiger partial charge >= 0.3 is 0 Å². The summed E-state index contributed by atoms with van der Waals surface area (Å²) in [7, 11) is 0. The Kier molecular flexibility index (Phi) is 4.63. The maximum absolute atomic E-state index is 5.24. The van der Waals surface area contributed by atoms with Gasteiger partial charge in [-0.2, -0.15) is 0 Å². The monoisotopic (exact) mass is 140 g/mol. The third-order valence-corrected chi connectivity index (χ3v) is 1.03. The minimum Gasteiger partial charge on any atom is -0.404 e. The van der Waals surface area contributed by atoms with Crippen LogP contribution in [0.3, 0.4) is 0 Å². The van der Waals surface area contributed by atoms with Crippen LogP contribution in [0.4, 0.5) is 0 Å². The van der Waals surface area contributed by atoms with E-state index in [9.17, 15) is 0 Å². The maximum atomic E-state index is 5.24. The van der Waals surface area contributed by atoms with Crippen LogP contribution in [0.2, 0.25) is 0 Å². The second kappa shape index (κ2) is 5.03. The molecule has 2 N–H and O–H groups in total. The highest BCUT2D eigenvalue weighted by atomic mass is 14.7. The van der Waals surface area contributed by atoms with Crippen molar-refractivity contribution < 1.29 is 0 Å². The molecule has 0 aromatic heterocycles. The fourth-order valence-corrected chi connectivity index (χ4v) is 0.451. The van der Waals surface area contributed by atoms with Crippen molar-refractivity contribution >= 4 is 6.21 Å². The average molecular weight is 140 g/mol. The summed E-state index contributed by atoms with van der Waals surface area (Å²) >= 11 is 0. The molecule has 0 atom stereocenters. The third kappa shape index (κ3) is 5.35. The lowest BCUT2D eigenvalue weighted by molar-refractivity contribution is 0.667. The largest absolute Gasteiger partial charge is 0.404 e. The summed E-state index contributed by atoms with van der Waals surface area (Å²) in [6.45, 7) is 7.09. The van der Waals surface area contributed by atoms with Crippen molar-refractivity contribution in [2.75, 3.05) is 6.54 Å². The standard InChI is InChI=1S/C8H16N2/c1-7(2)5-10-6-8(3)4-9/h4,6-7H,5,9H2,1-3H3. The smallest absolute Gasteiger partial charge is 0.0412 e. The lowest BCUT2D eigenvalue weighted by Crippen LogP contribution is -1.93. The quantitative estimate of drug-likeness (QED) is 0.594. The fourth-order valence-electron chi connectivity index (χ4n) is 0.451. The molecule has 0 fully saturated rings. The highest BCUT2D eigenvalue weighted by Gasteiger charge is 1.87. The van der Waals surface area contributed by atoms with Crippen molar-refractivity contribution in [1.29, 1.82) is 0 Å². The first-order chi connectivity index (χ1) is 4.66. The Morgan fingerprint density at radius 2 is 2.20 bits per heavy atom. The van der Waals surface area contributed by atoms with Gasteiger partial charge in [-0.15, -0.1) is 0 Å². The Morgan fingerprint density at radius 3 is 2.60 bits per heavy atom. The van der Waals surface area contributed by atoms with E-state index in [0.29, 0.717) is 5.92 Å². The van der Waals surface area contributed by atoms with Crippen LogP contribution in [-0.4, -0.2) is 12.8 Å². The van der Waals surface area contributed by atoms with E-state index in [1.807, 2.05) is 6.92 Å². The number of hydrogen-bond acceptors (Lipinski definition) is 2. The molecule has 0 bridgehead atoms. The van der Waals surface area contributed by atoms with E-state index in [4.69, 9.17) is 5.73 Å². The molecule has 0 aromatic carbocycles. The first kappa shape index (κ1) is 9.21. The Labute approximate surface area is 62.8 Å². The Bertz CT molecular complexity index is 134. The van der Waals surface area contributed by atoms with E-state index < -0.39 is 0 Å². The van der Waals surface area contributed by atoms with Crippen molar-refractivity contribution in [2.45, 2.75) is 20.8 Å². The van der Waals surface area contributed by atoms with Gasteiger partial charge in [0, 0.05) is 12.8 Å². The van der Waals surface area contributed by atoms with Crippen molar-refractivity contribution in [3.63, 3.8) is 0 Å². The number of rotatable bonds is 3. The van der Waals surface area contributed by atoms with Crippen LogP contribution in [-0.2, 0) is 0 Å². The number of allylic oxidation sites excluding steroid dienone is 1. The Balaban J connectivity index is 3.56. The minimum atomic E-state index is 0.627. The molecule has 0 aliphatic rings. The molecular weight excluding hydrogens is 124 g/mol. The van der Waals surface area contributed by atoms with Crippen LogP contribution < -0.4 is 5.73 Å². The highest BCUT2D eigenvalue weighted by molar-refractivity contribution is 5.77. The Morgan fingerprint density at radius 1 is 1.60 bits per heavy atom. The minimum absolute atomic E-state index is 0.627. The van der Waals surface area contributed by atoms with Gasteiger partial charge in [0.25, 0.3) is 0 Å². The lowest BCUT2D eigenvalue weighted by Gasteiger charge is -1.96. The van der Waals surface area contributed by atoms with Crippen molar-refractivity contribution in [3.8, 4) is 0 Å². The molecule has 0 aliphatic heterocycles. The third-order valence-electron chi connectivity index (χ3n) is 1.03. The molecule has 0 unspecified atom stereocenters. The summed E-state index contributed by atoms with van der Waals surface area (Å²) in [4.78, 5) is 4.17. The highest BCUT2D eigenvalue weighted by Crippen LogP contribution is 1.91. The zero-order chi connectivity index (χ0) is 7.98. The molecular formula is C8H16N2. The number of hydrogen-bond donors (Lipinski definition) is 1. The van der Waals surface area contributed by atoms with Crippen LogP contribution in [0, 0.1) is 5.92 Å². The molecule has 0 rings (SSSR count). The van der Waals surface area contributed by atoms with E-state index in [-0.39, 0.29) is 0 Å². The van der Waals surface area contributed by atoms with Crippen LogP contribution in [0.1, 0.15) is 20.8 Å². The van der Waals surface area contributed by atoms with E-state index in [0.717, 1.165) is 12.1 Å². The van der Waals surface area contributed by atoms with E-state index in [1.165, 1.54) is 0 Å². The fraction of sp³-hybridized carbons (Fsp3) is 0.625. The summed E-state index contributed by atoms with van der Waals surface area (Å²) < 4.78 is 0. The molecule has 0 saturated carbocycles. The lowest BCUT2D eigenvalue weighted by atomic mass is 10.2. The zero-order valence-corrected chi connectivity index (χ0v) is 6.96. The first-order valence-electron chi connectivity index (χ1n) is 3.55. The van der Waals surface area contributed by atoms with Gasteiger partial charge in [-0.1, -0.05) is 13.8 Å². The summed E-state index contributed by atoms with van der Waals surface area (Å²) in [5.74, 6) is 0.627. The second-order valence-corrected chi connectivity index (χ2v) is 2.80. The van der Waals surface area contributed by atoms with Gasteiger partial charge < -0.3 is 5.73 Å². The Hall–Kier alpha value is -0.790. The number of nitrogens with two attached hydrogens (primary N) is 1.